The van der Waals surface area contributed by atoms with Crippen LogP contribution in [0.15, 0.2) is 54.9 Å². The predicted octanol–water partition coefficient (Wildman–Crippen LogP) is 2.97. The molecule has 1 aliphatic heterocycles. The fourth-order valence-electron chi connectivity index (χ4n) is 3.53. The van der Waals surface area contributed by atoms with Crippen LogP contribution in [0.1, 0.15) is 18.4 Å². The van der Waals surface area contributed by atoms with Crippen molar-refractivity contribution in [1.82, 2.24) is 14.9 Å². The van der Waals surface area contributed by atoms with E-state index in [0.29, 0.717) is 13.2 Å². The standard InChI is InChI=1S/C20H23N3O2/c24-20(14-25-17-5-2-1-3-6-17)9-4-10-23(13-20)12-16-7-8-18-19(11-16)22-15-21-18/h1-3,5-8,11,15,24H,4,9-10,12-14H2,(H,21,22)/t20-/m0/s1. The second kappa shape index (κ2) is 6.86. The molecule has 0 bridgehead atoms. The van der Waals surface area contributed by atoms with Crippen molar-refractivity contribution in [3.8, 4) is 5.75 Å². The van der Waals surface area contributed by atoms with Crippen LogP contribution in [0.25, 0.3) is 11.0 Å². The van der Waals surface area contributed by atoms with Crippen LogP contribution in [0, 0.1) is 0 Å². The monoisotopic (exact) mass is 337 g/mol. The highest BCUT2D eigenvalue weighted by Crippen LogP contribution is 2.24. The first-order valence-corrected chi connectivity index (χ1v) is 8.75. The minimum absolute atomic E-state index is 0.326. The molecule has 130 valence electrons. The molecule has 1 aromatic heterocycles. The van der Waals surface area contributed by atoms with Gasteiger partial charge < -0.3 is 14.8 Å². The molecule has 1 saturated heterocycles. The van der Waals surface area contributed by atoms with E-state index < -0.39 is 5.60 Å². The van der Waals surface area contributed by atoms with Crippen molar-refractivity contribution in [2.24, 2.45) is 0 Å². The molecule has 0 unspecified atom stereocenters. The summed E-state index contributed by atoms with van der Waals surface area (Å²) in [6.07, 6.45) is 3.46. The second-order valence-electron chi connectivity index (χ2n) is 6.89. The fraction of sp³-hybridized carbons (Fsp3) is 0.350. The van der Waals surface area contributed by atoms with E-state index in [0.717, 1.165) is 42.7 Å². The molecule has 0 radical (unpaired) electrons. The van der Waals surface area contributed by atoms with Crippen LogP contribution in [-0.4, -0.2) is 45.3 Å². The molecule has 2 N–H and O–H groups in total. The zero-order chi connectivity index (χ0) is 17.1. The Morgan fingerprint density at radius 1 is 1.20 bits per heavy atom. The van der Waals surface area contributed by atoms with Gasteiger partial charge in [0.15, 0.2) is 0 Å². The lowest BCUT2D eigenvalue weighted by molar-refractivity contribution is -0.0621. The summed E-state index contributed by atoms with van der Waals surface area (Å²) in [7, 11) is 0. The number of ether oxygens (including phenoxy) is 1. The molecule has 0 aliphatic carbocycles. The molecule has 5 heteroatoms. The summed E-state index contributed by atoms with van der Waals surface area (Å²) in [5, 5.41) is 10.9. The summed E-state index contributed by atoms with van der Waals surface area (Å²) in [6.45, 7) is 2.77. The zero-order valence-corrected chi connectivity index (χ0v) is 14.2. The van der Waals surface area contributed by atoms with Crippen molar-refractivity contribution < 1.29 is 9.84 Å². The molecule has 25 heavy (non-hydrogen) atoms. The van der Waals surface area contributed by atoms with Crippen molar-refractivity contribution in [2.75, 3.05) is 19.7 Å². The lowest BCUT2D eigenvalue weighted by atomic mass is 9.93. The predicted molar refractivity (Wildman–Crippen MR) is 97.5 cm³/mol. The Hall–Kier alpha value is -2.37. The molecule has 5 nitrogen and oxygen atoms in total. The fourth-order valence-corrected chi connectivity index (χ4v) is 3.53. The summed E-state index contributed by atoms with van der Waals surface area (Å²) >= 11 is 0. The Morgan fingerprint density at radius 3 is 2.96 bits per heavy atom. The first-order chi connectivity index (χ1) is 12.2. The molecule has 3 aromatic rings. The normalized spacial score (nSPS) is 21.5. The average Bonchev–Trinajstić information content (AvgIpc) is 3.09. The van der Waals surface area contributed by atoms with Gasteiger partial charge in [0, 0.05) is 13.1 Å². The molecule has 2 aromatic carbocycles. The quantitative estimate of drug-likeness (QED) is 0.751. The van der Waals surface area contributed by atoms with Crippen molar-refractivity contribution in [2.45, 2.75) is 25.0 Å². The van der Waals surface area contributed by atoms with Crippen molar-refractivity contribution >= 4 is 11.0 Å². The number of benzene rings is 2. The van der Waals surface area contributed by atoms with Crippen LogP contribution in [0.2, 0.25) is 0 Å². The van der Waals surface area contributed by atoms with E-state index >= 15 is 0 Å². The third-order valence-electron chi connectivity index (χ3n) is 4.78. The molecule has 2 heterocycles. The molecular weight excluding hydrogens is 314 g/mol. The molecule has 1 fully saturated rings. The van der Waals surface area contributed by atoms with Gasteiger partial charge >= 0.3 is 0 Å². The van der Waals surface area contributed by atoms with E-state index in [4.69, 9.17) is 4.74 Å². The summed E-state index contributed by atoms with van der Waals surface area (Å²) in [6, 6.07) is 16.0. The number of H-pyrrole nitrogens is 1. The van der Waals surface area contributed by atoms with Crippen LogP contribution in [0.4, 0.5) is 0 Å². The molecule has 1 aliphatic rings. The average molecular weight is 337 g/mol. The molecule has 0 saturated carbocycles. The molecular formula is C20H23N3O2. The molecule has 0 amide bonds. The van der Waals surface area contributed by atoms with Gasteiger partial charge in [-0.05, 0) is 49.2 Å². The van der Waals surface area contributed by atoms with Gasteiger partial charge in [0.2, 0.25) is 0 Å². The van der Waals surface area contributed by atoms with Crippen molar-refractivity contribution in [3.63, 3.8) is 0 Å². The number of fused-ring (bicyclic) bond motifs is 1. The third kappa shape index (κ3) is 3.83. The van der Waals surface area contributed by atoms with E-state index in [1.807, 2.05) is 36.4 Å². The summed E-state index contributed by atoms with van der Waals surface area (Å²) in [4.78, 5) is 9.71. The largest absolute Gasteiger partial charge is 0.491 e. The van der Waals surface area contributed by atoms with Crippen LogP contribution < -0.4 is 4.74 Å². The highest BCUT2D eigenvalue weighted by Gasteiger charge is 2.34. The van der Waals surface area contributed by atoms with Crippen molar-refractivity contribution in [1.29, 1.82) is 0 Å². The number of para-hydroxylation sites is 1. The first-order valence-electron chi connectivity index (χ1n) is 8.75. The molecule has 4 rings (SSSR count). The number of rotatable bonds is 5. The zero-order valence-electron chi connectivity index (χ0n) is 14.2. The van der Waals surface area contributed by atoms with E-state index in [2.05, 4.69) is 27.0 Å². The van der Waals surface area contributed by atoms with E-state index in [-0.39, 0.29) is 0 Å². The lowest BCUT2D eigenvalue weighted by Crippen LogP contribution is -2.51. The number of imidazole rings is 1. The van der Waals surface area contributed by atoms with Crippen LogP contribution >= 0.6 is 0 Å². The van der Waals surface area contributed by atoms with Crippen LogP contribution in [0.3, 0.4) is 0 Å². The maximum absolute atomic E-state index is 10.9. The van der Waals surface area contributed by atoms with Gasteiger partial charge in [0.1, 0.15) is 18.0 Å². The van der Waals surface area contributed by atoms with Gasteiger partial charge in [0.25, 0.3) is 0 Å². The summed E-state index contributed by atoms with van der Waals surface area (Å²) in [5.41, 5.74) is 2.46. The Labute approximate surface area is 147 Å². The minimum Gasteiger partial charge on any atom is -0.491 e. The maximum Gasteiger partial charge on any atom is 0.119 e. The smallest absolute Gasteiger partial charge is 0.119 e. The molecule has 1 atom stereocenters. The topological polar surface area (TPSA) is 61.4 Å². The number of nitrogens with one attached hydrogen (secondary N) is 1. The van der Waals surface area contributed by atoms with Gasteiger partial charge in [-0.15, -0.1) is 0 Å². The number of piperidine rings is 1. The molecule has 0 spiro atoms. The van der Waals surface area contributed by atoms with Crippen LogP contribution in [0.5, 0.6) is 5.75 Å². The van der Waals surface area contributed by atoms with E-state index in [1.165, 1.54) is 5.56 Å². The Bertz CT molecular complexity index is 833. The number of hydrogen-bond acceptors (Lipinski definition) is 4. The number of likely N-dealkylation sites (tertiary alicyclic amines) is 1. The number of aromatic amines is 1. The SMILES string of the molecule is O[C@@]1(COc2ccccc2)CCCN(Cc2ccc3nc[nH]c3c2)C1. The van der Waals surface area contributed by atoms with Gasteiger partial charge in [0.05, 0.1) is 17.4 Å². The summed E-state index contributed by atoms with van der Waals surface area (Å²) in [5.74, 6) is 0.803. The minimum atomic E-state index is -0.799. The number of nitrogens with zero attached hydrogens (tertiary/aromatic N) is 2. The number of hydrogen-bond donors (Lipinski definition) is 2. The van der Waals surface area contributed by atoms with E-state index in [9.17, 15) is 5.11 Å². The maximum atomic E-state index is 10.9. The number of aromatic nitrogens is 2. The highest BCUT2D eigenvalue weighted by molar-refractivity contribution is 5.74. The van der Waals surface area contributed by atoms with Crippen molar-refractivity contribution in [3.05, 3.63) is 60.4 Å². The van der Waals surface area contributed by atoms with E-state index in [1.54, 1.807) is 6.33 Å². The lowest BCUT2D eigenvalue weighted by Gasteiger charge is -2.39. The second-order valence-corrected chi connectivity index (χ2v) is 6.89. The third-order valence-corrected chi connectivity index (χ3v) is 4.78. The van der Waals surface area contributed by atoms with Crippen LogP contribution in [-0.2, 0) is 6.54 Å². The highest BCUT2D eigenvalue weighted by atomic mass is 16.5. The van der Waals surface area contributed by atoms with Gasteiger partial charge in [-0.2, -0.15) is 0 Å². The van der Waals surface area contributed by atoms with Gasteiger partial charge in [-0.3, -0.25) is 4.90 Å². The Kier molecular flexibility index (Phi) is 4.42. The number of β-amino-alcohol motifs (C(OH)–C–C–N with tert-alkyl or cyclic N) is 1. The number of aliphatic hydroxyl groups is 1. The Balaban J connectivity index is 1.39. The summed E-state index contributed by atoms with van der Waals surface area (Å²) < 4.78 is 5.80. The van der Waals surface area contributed by atoms with Gasteiger partial charge in [-0.25, -0.2) is 4.98 Å². The Morgan fingerprint density at radius 2 is 2.08 bits per heavy atom. The first kappa shape index (κ1) is 16.1. The van der Waals surface area contributed by atoms with Gasteiger partial charge in [-0.1, -0.05) is 24.3 Å².